The van der Waals surface area contributed by atoms with E-state index >= 15 is 0 Å². The molecule has 1 fully saturated rings. The van der Waals surface area contributed by atoms with Crippen LogP contribution in [0, 0.1) is 0 Å². The van der Waals surface area contributed by atoms with Crippen molar-refractivity contribution < 1.29 is 9.53 Å². The van der Waals surface area contributed by atoms with Gasteiger partial charge in [0.1, 0.15) is 6.61 Å². The Labute approximate surface area is 149 Å². The molecule has 0 aliphatic carbocycles. The number of benzene rings is 2. The van der Waals surface area contributed by atoms with E-state index in [4.69, 9.17) is 10.5 Å². The van der Waals surface area contributed by atoms with Gasteiger partial charge in [-0.1, -0.05) is 42.5 Å². The number of piperazine rings is 1. The van der Waals surface area contributed by atoms with E-state index in [1.807, 2.05) is 30.3 Å². The Morgan fingerprint density at radius 1 is 0.960 bits per heavy atom. The molecule has 0 unspecified atom stereocenters. The van der Waals surface area contributed by atoms with Gasteiger partial charge in [-0.3, -0.25) is 0 Å². The summed E-state index contributed by atoms with van der Waals surface area (Å²) >= 11 is 0. The van der Waals surface area contributed by atoms with Crippen LogP contribution < -0.4 is 10.6 Å². The van der Waals surface area contributed by atoms with Crippen molar-refractivity contribution in [3.63, 3.8) is 0 Å². The average Bonchev–Trinajstić information content (AvgIpc) is 2.67. The van der Waals surface area contributed by atoms with Gasteiger partial charge in [0, 0.05) is 31.9 Å². The fourth-order valence-electron chi connectivity index (χ4n) is 3.03. The van der Waals surface area contributed by atoms with Gasteiger partial charge < -0.3 is 20.3 Å². The second-order valence-electron chi connectivity index (χ2n) is 6.22. The summed E-state index contributed by atoms with van der Waals surface area (Å²) < 4.78 is 5.41. The number of amides is 1. The maximum atomic E-state index is 12.2. The lowest BCUT2D eigenvalue weighted by Crippen LogP contribution is -2.49. The van der Waals surface area contributed by atoms with E-state index in [9.17, 15) is 4.79 Å². The number of rotatable bonds is 5. The third-order valence-corrected chi connectivity index (χ3v) is 4.45. The van der Waals surface area contributed by atoms with Crippen LogP contribution in [0.1, 0.15) is 11.1 Å². The van der Waals surface area contributed by atoms with Crippen molar-refractivity contribution in [3.05, 3.63) is 65.7 Å². The predicted molar refractivity (Wildman–Crippen MR) is 99.6 cm³/mol. The molecule has 0 bridgehead atoms. The van der Waals surface area contributed by atoms with E-state index in [2.05, 4.69) is 29.2 Å². The van der Waals surface area contributed by atoms with Crippen LogP contribution >= 0.6 is 0 Å². The largest absolute Gasteiger partial charge is 0.445 e. The molecule has 2 aromatic carbocycles. The zero-order chi connectivity index (χ0) is 17.5. The second-order valence-corrected chi connectivity index (χ2v) is 6.22. The van der Waals surface area contributed by atoms with Crippen LogP contribution in [0.4, 0.5) is 10.5 Å². The molecule has 2 aromatic rings. The first kappa shape index (κ1) is 17.3. The molecule has 5 heteroatoms. The number of nitrogens with two attached hydrogens (primary N) is 1. The Balaban J connectivity index is 1.49. The minimum atomic E-state index is -0.236. The van der Waals surface area contributed by atoms with Crippen LogP contribution in [0.15, 0.2) is 54.6 Å². The Bertz CT molecular complexity index is 682. The van der Waals surface area contributed by atoms with Crippen LogP contribution in [0.3, 0.4) is 0 Å². The van der Waals surface area contributed by atoms with Crippen molar-refractivity contribution in [1.29, 1.82) is 0 Å². The van der Waals surface area contributed by atoms with Gasteiger partial charge in [0.15, 0.2) is 0 Å². The molecule has 1 aliphatic heterocycles. The number of ether oxygens (including phenoxy) is 1. The highest BCUT2D eigenvalue weighted by Gasteiger charge is 2.22. The summed E-state index contributed by atoms with van der Waals surface area (Å²) in [6, 6.07) is 18.2. The second kappa shape index (κ2) is 8.53. The fraction of sp³-hybridized carbons (Fsp3) is 0.350. The summed E-state index contributed by atoms with van der Waals surface area (Å²) in [6.45, 7) is 3.95. The van der Waals surface area contributed by atoms with Crippen LogP contribution in [0.2, 0.25) is 0 Å². The lowest BCUT2D eigenvalue weighted by Gasteiger charge is -2.35. The van der Waals surface area contributed by atoms with Crippen LogP contribution in [0.5, 0.6) is 0 Å². The molecule has 1 heterocycles. The number of hydrogen-bond donors (Lipinski definition) is 1. The Kier molecular flexibility index (Phi) is 5.90. The van der Waals surface area contributed by atoms with Crippen molar-refractivity contribution in [2.24, 2.45) is 5.73 Å². The monoisotopic (exact) mass is 339 g/mol. The summed E-state index contributed by atoms with van der Waals surface area (Å²) in [5.74, 6) is 0. The number of carbonyl (C=O) groups is 1. The van der Waals surface area contributed by atoms with E-state index in [0.717, 1.165) is 25.1 Å². The highest BCUT2D eigenvalue weighted by atomic mass is 16.6. The Morgan fingerprint density at radius 3 is 2.40 bits per heavy atom. The zero-order valence-electron chi connectivity index (χ0n) is 14.4. The topological polar surface area (TPSA) is 58.8 Å². The van der Waals surface area contributed by atoms with E-state index in [-0.39, 0.29) is 6.09 Å². The van der Waals surface area contributed by atoms with Gasteiger partial charge in [-0.2, -0.15) is 0 Å². The highest BCUT2D eigenvalue weighted by molar-refractivity contribution is 5.68. The third-order valence-electron chi connectivity index (χ3n) is 4.45. The minimum absolute atomic E-state index is 0.236. The minimum Gasteiger partial charge on any atom is -0.445 e. The van der Waals surface area contributed by atoms with Crippen molar-refractivity contribution in [3.8, 4) is 0 Å². The van der Waals surface area contributed by atoms with Gasteiger partial charge in [0.2, 0.25) is 0 Å². The maximum absolute atomic E-state index is 12.2. The molecule has 0 aromatic heterocycles. The van der Waals surface area contributed by atoms with Gasteiger partial charge in [-0.15, -0.1) is 0 Å². The molecule has 3 rings (SSSR count). The van der Waals surface area contributed by atoms with Gasteiger partial charge in [0.25, 0.3) is 0 Å². The number of anilines is 1. The summed E-state index contributed by atoms with van der Waals surface area (Å²) in [7, 11) is 0. The summed E-state index contributed by atoms with van der Waals surface area (Å²) in [4.78, 5) is 16.3. The van der Waals surface area contributed by atoms with Crippen LogP contribution in [-0.4, -0.2) is 43.7 Å². The standard InChI is InChI=1S/C20H25N3O2/c21-10-9-17-7-4-8-19(15-17)22-11-13-23(14-12-22)20(24)25-16-18-5-2-1-3-6-18/h1-8,15H,9-14,16,21H2. The zero-order valence-corrected chi connectivity index (χ0v) is 14.4. The molecule has 0 atom stereocenters. The van der Waals surface area contributed by atoms with Gasteiger partial charge in [-0.05, 0) is 36.2 Å². The van der Waals surface area contributed by atoms with Gasteiger partial charge in [0.05, 0.1) is 0 Å². The molecule has 1 aliphatic rings. The van der Waals surface area contributed by atoms with Gasteiger partial charge in [-0.25, -0.2) is 4.79 Å². The molecule has 0 radical (unpaired) electrons. The molecule has 0 spiro atoms. The third kappa shape index (κ3) is 4.73. The van der Waals surface area contributed by atoms with Crippen molar-refractivity contribution >= 4 is 11.8 Å². The number of carbonyl (C=O) groups excluding carboxylic acids is 1. The quantitative estimate of drug-likeness (QED) is 0.910. The molecule has 0 saturated carbocycles. The Morgan fingerprint density at radius 2 is 1.68 bits per heavy atom. The van der Waals surface area contributed by atoms with Crippen LogP contribution in [-0.2, 0) is 17.8 Å². The lowest BCUT2D eigenvalue weighted by molar-refractivity contribution is 0.0942. The molecule has 1 amide bonds. The van der Waals surface area contributed by atoms with E-state index in [1.165, 1.54) is 11.3 Å². The smallest absolute Gasteiger partial charge is 0.410 e. The molecule has 1 saturated heterocycles. The average molecular weight is 339 g/mol. The number of nitrogens with zero attached hydrogens (tertiary/aromatic N) is 2. The molecule has 2 N–H and O–H groups in total. The van der Waals surface area contributed by atoms with Crippen molar-refractivity contribution in [1.82, 2.24) is 4.90 Å². The van der Waals surface area contributed by atoms with Crippen molar-refractivity contribution in [2.45, 2.75) is 13.0 Å². The summed E-state index contributed by atoms with van der Waals surface area (Å²) in [5.41, 5.74) is 9.10. The normalized spacial score (nSPS) is 14.4. The fourth-order valence-corrected chi connectivity index (χ4v) is 3.03. The van der Waals surface area contributed by atoms with E-state index in [1.54, 1.807) is 4.90 Å². The lowest BCUT2D eigenvalue weighted by atomic mass is 10.1. The number of hydrogen-bond acceptors (Lipinski definition) is 4. The molecule has 5 nitrogen and oxygen atoms in total. The Hall–Kier alpha value is -2.53. The maximum Gasteiger partial charge on any atom is 0.410 e. The SMILES string of the molecule is NCCc1cccc(N2CCN(C(=O)OCc3ccccc3)CC2)c1. The summed E-state index contributed by atoms with van der Waals surface area (Å²) in [5, 5.41) is 0. The van der Waals surface area contributed by atoms with Crippen molar-refractivity contribution in [2.75, 3.05) is 37.6 Å². The highest BCUT2D eigenvalue weighted by Crippen LogP contribution is 2.19. The van der Waals surface area contributed by atoms with Gasteiger partial charge >= 0.3 is 6.09 Å². The summed E-state index contributed by atoms with van der Waals surface area (Å²) in [6.07, 6.45) is 0.653. The first-order valence-corrected chi connectivity index (χ1v) is 8.76. The molecule has 132 valence electrons. The molecular weight excluding hydrogens is 314 g/mol. The predicted octanol–water partition coefficient (Wildman–Crippen LogP) is 2.65. The first-order valence-electron chi connectivity index (χ1n) is 8.76. The van der Waals surface area contributed by atoms with Crippen LogP contribution in [0.25, 0.3) is 0 Å². The van der Waals surface area contributed by atoms with E-state index < -0.39 is 0 Å². The molecular formula is C20H25N3O2. The van der Waals surface area contributed by atoms with E-state index in [0.29, 0.717) is 26.2 Å². The molecule has 25 heavy (non-hydrogen) atoms. The first-order chi connectivity index (χ1) is 12.3.